The number of hydrogen-bond donors (Lipinski definition) is 1. The minimum Gasteiger partial charge on any atom is -0.494 e. The summed E-state index contributed by atoms with van der Waals surface area (Å²) in [4.78, 5) is 2.34. The first-order valence-electron chi connectivity index (χ1n) is 7.04. The third kappa shape index (κ3) is 5.37. The van der Waals surface area contributed by atoms with E-state index in [-0.39, 0.29) is 4.90 Å². The van der Waals surface area contributed by atoms with Gasteiger partial charge in [0.2, 0.25) is 0 Å². The summed E-state index contributed by atoms with van der Waals surface area (Å²) in [5.74, 6) is 0.777. The quantitative estimate of drug-likeness (QED) is 0.574. The van der Waals surface area contributed by atoms with Crippen molar-refractivity contribution in [1.82, 2.24) is 4.83 Å². The van der Waals surface area contributed by atoms with Crippen LogP contribution in [0.25, 0.3) is 0 Å². The fourth-order valence-electron chi connectivity index (χ4n) is 1.71. The molecule has 0 saturated carbocycles. The molecule has 0 bridgehead atoms. The van der Waals surface area contributed by atoms with Crippen molar-refractivity contribution in [3.8, 4) is 5.75 Å². The van der Waals surface area contributed by atoms with Crippen molar-refractivity contribution in [2.24, 2.45) is 5.10 Å². The van der Waals surface area contributed by atoms with Gasteiger partial charge < -0.3 is 4.74 Å². The maximum absolute atomic E-state index is 12.0. The Bertz CT molecular complexity index is 757. The lowest BCUT2D eigenvalue weighted by Gasteiger charge is -2.04. The van der Waals surface area contributed by atoms with E-state index in [0.717, 1.165) is 22.2 Å². The van der Waals surface area contributed by atoms with Crippen LogP contribution < -0.4 is 9.57 Å². The lowest BCUT2D eigenvalue weighted by molar-refractivity contribution is 0.317. The van der Waals surface area contributed by atoms with Crippen molar-refractivity contribution in [2.75, 3.05) is 6.61 Å². The number of hydrogen-bond acceptors (Lipinski definition) is 4. The van der Waals surface area contributed by atoms with E-state index in [1.807, 2.05) is 31.2 Å². The maximum Gasteiger partial charge on any atom is 0.276 e. The third-order valence-electron chi connectivity index (χ3n) is 2.86. The van der Waals surface area contributed by atoms with Crippen LogP contribution in [0.5, 0.6) is 5.75 Å². The molecule has 0 spiro atoms. The summed E-state index contributed by atoms with van der Waals surface area (Å²) in [7, 11) is -3.66. The Morgan fingerprint density at radius 3 is 2.39 bits per heavy atom. The number of halogens is 1. The Morgan fingerprint density at radius 1 is 1.13 bits per heavy atom. The fourth-order valence-corrected chi connectivity index (χ4v) is 2.76. The average molecular weight is 397 g/mol. The molecule has 5 nitrogen and oxygen atoms in total. The third-order valence-corrected chi connectivity index (χ3v) is 4.63. The second-order valence-corrected chi connectivity index (χ2v) is 7.30. The normalized spacial score (nSPS) is 11.6. The topological polar surface area (TPSA) is 67.8 Å². The zero-order chi connectivity index (χ0) is 16.7. The molecular formula is C16H17BrN2O3S. The molecule has 0 atom stereocenters. The smallest absolute Gasteiger partial charge is 0.276 e. The van der Waals surface area contributed by atoms with Gasteiger partial charge in [0.05, 0.1) is 17.7 Å². The van der Waals surface area contributed by atoms with Gasteiger partial charge in [0.15, 0.2) is 0 Å². The standard InChI is InChI=1S/C16H17BrN2O3S/c1-2-11-22-15-7-3-13(4-8-15)12-18-19-23(20,21)16-9-5-14(17)6-10-16/h3-10,12,19H,2,11H2,1H3. The van der Waals surface area contributed by atoms with Crippen LogP contribution in [0.1, 0.15) is 18.9 Å². The summed E-state index contributed by atoms with van der Waals surface area (Å²) in [5.41, 5.74) is 0.771. The number of nitrogens with one attached hydrogen (secondary N) is 1. The average Bonchev–Trinajstić information content (AvgIpc) is 2.54. The van der Waals surface area contributed by atoms with E-state index in [1.54, 1.807) is 12.1 Å². The van der Waals surface area contributed by atoms with Crippen molar-refractivity contribution in [3.05, 3.63) is 58.6 Å². The van der Waals surface area contributed by atoms with Crippen LogP contribution in [0.15, 0.2) is 63.0 Å². The molecule has 0 aliphatic rings. The van der Waals surface area contributed by atoms with Gasteiger partial charge in [-0.1, -0.05) is 22.9 Å². The first-order chi connectivity index (χ1) is 11.0. The second kappa shape index (κ2) is 8.12. The summed E-state index contributed by atoms with van der Waals surface area (Å²) in [6.07, 6.45) is 2.39. The molecule has 0 heterocycles. The highest BCUT2D eigenvalue weighted by Gasteiger charge is 2.11. The second-order valence-electron chi connectivity index (χ2n) is 4.72. The van der Waals surface area contributed by atoms with Gasteiger partial charge in [-0.15, -0.1) is 0 Å². The molecule has 0 amide bonds. The fraction of sp³-hybridized carbons (Fsp3) is 0.188. The highest BCUT2D eigenvalue weighted by molar-refractivity contribution is 9.10. The van der Waals surface area contributed by atoms with Crippen LogP contribution in [0.3, 0.4) is 0 Å². The number of hydrazone groups is 1. The first-order valence-corrected chi connectivity index (χ1v) is 9.32. The van der Waals surface area contributed by atoms with Gasteiger partial charge in [-0.3, -0.25) is 0 Å². The van der Waals surface area contributed by atoms with Gasteiger partial charge in [0.25, 0.3) is 10.0 Å². The van der Waals surface area contributed by atoms with E-state index in [1.165, 1.54) is 18.3 Å². The summed E-state index contributed by atoms with van der Waals surface area (Å²) in [6.45, 7) is 2.71. The zero-order valence-corrected chi connectivity index (χ0v) is 15.0. The molecule has 0 fully saturated rings. The Morgan fingerprint density at radius 2 is 1.78 bits per heavy atom. The van der Waals surface area contributed by atoms with E-state index in [0.29, 0.717) is 6.61 Å². The van der Waals surface area contributed by atoms with Gasteiger partial charge >= 0.3 is 0 Å². The van der Waals surface area contributed by atoms with Crippen LogP contribution in [0, 0.1) is 0 Å². The van der Waals surface area contributed by atoms with Gasteiger partial charge in [0, 0.05) is 4.47 Å². The molecule has 0 saturated heterocycles. The van der Waals surface area contributed by atoms with Crippen LogP contribution in [-0.4, -0.2) is 21.2 Å². The number of sulfonamides is 1. The van der Waals surface area contributed by atoms with E-state index in [4.69, 9.17) is 4.74 Å². The molecule has 0 radical (unpaired) electrons. The zero-order valence-electron chi connectivity index (χ0n) is 12.6. The van der Waals surface area contributed by atoms with E-state index in [2.05, 4.69) is 25.9 Å². The molecule has 2 aromatic rings. The SMILES string of the molecule is CCCOc1ccc(C=NNS(=O)(=O)c2ccc(Br)cc2)cc1. The van der Waals surface area contributed by atoms with Crippen molar-refractivity contribution in [1.29, 1.82) is 0 Å². The van der Waals surface area contributed by atoms with Gasteiger partial charge in [-0.2, -0.15) is 13.5 Å². The Balaban J connectivity index is 1.99. The summed E-state index contributed by atoms with van der Waals surface area (Å²) >= 11 is 3.26. The molecule has 0 aliphatic carbocycles. The van der Waals surface area contributed by atoms with Gasteiger partial charge in [-0.25, -0.2) is 4.83 Å². The Kier molecular flexibility index (Phi) is 6.18. The van der Waals surface area contributed by atoms with E-state index in [9.17, 15) is 8.42 Å². The highest BCUT2D eigenvalue weighted by Crippen LogP contribution is 2.14. The largest absolute Gasteiger partial charge is 0.494 e. The van der Waals surface area contributed by atoms with Crippen molar-refractivity contribution >= 4 is 32.2 Å². The number of benzene rings is 2. The van der Waals surface area contributed by atoms with Gasteiger partial charge in [0.1, 0.15) is 5.75 Å². The van der Waals surface area contributed by atoms with E-state index < -0.39 is 10.0 Å². The predicted octanol–water partition coefficient (Wildman–Crippen LogP) is 3.55. The molecule has 2 aromatic carbocycles. The summed E-state index contributed by atoms with van der Waals surface area (Å²) in [5, 5.41) is 3.79. The van der Waals surface area contributed by atoms with Crippen molar-refractivity contribution in [3.63, 3.8) is 0 Å². The number of ether oxygens (including phenoxy) is 1. The maximum atomic E-state index is 12.0. The van der Waals surface area contributed by atoms with Crippen LogP contribution in [0.2, 0.25) is 0 Å². The molecule has 0 unspecified atom stereocenters. The van der Waals surface area contributed by atoms with Crippen molar-refractivity contribution in [2.45, 2.75) is 18.2 Å². The predicted molar refractivity (Wildman–Crippen MR) is 94.3 cm³/mol. The van der Waals surface area contributed by atoms with E-state index >= 15 is 0 Å². The molecule has 0 aromatic heterocycles. The van der Waals surface area contributed by atoms with Crippen LogP contribution in [-0.2, 0) is 10.0 Å². The lowest BCUT2D eigenvalue weighted by atomic mass is 10.2. The van der Waals surface area contributed by atoms with Gasteiger partial charge in [-0.05, 0) is 60.5 Å². The molecule has 23 heavy (non-hydrogen) atoms. The molecule has 2 rings (SSSR count). The molecule has 1 N–H and O–H groups in total. The Labute approximate surface area is 144 Å². The number of rotatable bonds is 7. The summed E-state index contributed by atoms with van der Waals surface area (Å²) in [6, 6.07) is 13.6. The van der Waals surface area contributed by atoms with Crippen molar-refractivity contribution < 1.29 is 13.2 Å². The van der Waals surface area contributed by atoms with Crippen LogP contribution >= 0.6 is 15.9 Å². The van der Waals surface area contributed by atoms with Crippen LogP contribution in [0.4, 0.5) is 0 Å². The monoisotopic (exact) mass is 396 g/mol. The molecule has 0 aliphatic heterocycles. The minimum atomic E-state index is -3.66. The molecule has 7 heteroatoms. The minimum absolute atomic E-state index is 0.154. The first kappa shape index (κ1) is 17.5. The lowest BCUT2D eigenvalue weighted by Crippen LogP contribution is -2.18. The highest BCUT2D eigenvalue weighted by atomic mass is 79.9. The molecular weight excluding hydrogens is 380 g/mol. The number of nitrogens with zero attached hydrogens (tertiary/aromatic N) is 1. The summed E-state index contributed by atoms with van der Waals surface area (Å²) < 4.78 is 30.4. The molecule has 122 valence electrons. The Hall–Kier alpha value is -1.86.